The lowest BCUT2D eigenvalue weighted by molar-refractivity contribution is -0.201. The van der Waals surface area contributed by atoms with Gasteiger partial charge >= 0.3 is 6.18 Å². The van der Waals surface area contributed by atoms with Crippen molar-refractivity contribution in [2.45, 2.75) is 25.1 Å². The van der Waals surface area contributed by atoms with Crippen LogP contribution in [-0.4, -0.2) is 41.4 Å². The second-order valence-electron chi connectivity index (χ2n) is 8.04. The molecule has 184 valence electrons. The number of rotatable bonds is 6. The zero-order valence-corrected chi connectivity index (χ0v) is 18.0. The molecule has 1 aliphatic rings. The van der Waals surface area contributed by atoms with Gasteiger partial charge in [-0.15, -0.1) is 0 Å². The number of pyridine rings is 1. The van der Waals surface area contributed by atoms with E-state index in [-0.39, 0.29) is 17.5 Å². The van der Waals surface area contributed by atoms with E-state index in [4.69, 9.17) is 5.11 Å². The number of carbonyl (C=O) groups excluding carboxylic acids is 1. The molecule has 1 aromatic heterocycles. The summed E-state index contributed by atoms with van der Waals surface area (Å²) in [5.74, 6) is -4.35. The molecule has 0 bridgehead atoms. The largest absolute Gasteiger partial charge is 0.416 e. The van der Waals surface area contributed by atoms with Crippen molar-refractivity contribution in [1.29, 1.82) is 0 Å². The van der Waals surface area contributed by atoms with Gasteiger partial charge in [-0.2, -0.15) is 13.2 Å². The maximum atomic E-state index is 13.6. The van der Waals surface area contributed by atoms with Crippen LogP contribution in [0.15, 0.2) is 48.7 Å². The van der Waals surface area contributed by atoms with E-state index >= 15 is 0 Å². The van der Waals surface area contributed by atoms with Gasteiger partial charge in [0, 0.05) is 24.0 Å². The van der Waals surface area contributed by atoms with Crippen LogP contribution in [0, 0.1) is 17.5 Å². The van der Waals surface area contributed by atoms with Crippen molar-refractivity contribution in [3.63, 3.8) is 0 Å². The van der Waals surface area contributed by atoms with E-state index in [1.54, 1.807) is 24.3 Å². The van der Waals surface area contributed by atoms with Gasteiger partial charge in [0.15, 0.2) is 23.6 Å². The summed E-state index contributed by atoms with van der Waals surface area (Å²) < 4.78 is 77.9. The molecule has 2 aromatic carbocycles. The Morgan fingerprint density at radius 2 is 1.80 bits per heavy atom. The maximum absolute atomic E-state index is 13.6. The number of carbonyl (C=O) groups is 1. The first-order valence-corrected chi connectivity index (χ1v) is 10.6. The van der Waals surface area contributed by atoms with Gasteiger partial charge in [-0.25, -0.2) is 18.2 Å². The highest BCUT2D eigenvalue weighted by Crippen LogP contribution is 2.36. The fourth-order valence-corrected chi connectivity index (χ4v) is 3.95. The highest BCUT2D eigenvalue weighted by molar-refractivity contribution is 5.98. The van der Waals surface area contributed by atoms with Crippen LogP contribution < -0.4 is 10.2 Å². The predicted molar refractivity (Wildman–Crippen MR) is 115 cm³/mol. The number of hydrogen-bond acceptors (Lipinski definition) is 4. The summed E-state index contributed by atoms with van der Waals surface area (Å²) in [7, 11) is 0. The average molecular weight is 495 g/mol. The number of nitrogens with zero attached hydrogens (tertiary/aromatic N) is 2. The summed E-state index contributed by atoms with van der Waals surface area (Å²) >= 11 is 0. The molecule has 1 atom stereocenters. The lowest BCUT2D eigenvalue weighted by Gasteiger charge is -2.20. The Morgan fingerprint density at radius 3 is 2.49 bits per heavy atom. The second-order valence-corrected chi connectivity index (χ2v) is 8.04. The zero-order chi connectivity index (χ0) is 25.3. The number of alkyl halides is 3. The number of anilines is 2. The molecular formula is C24H19F6N3O2. The van der Waals surface area contributed by atoms with E-state index in [2.05, 4.69) is 10.3 Å². The minimum atomic E-state index is -4.84. The van der Waals surface area contributed by atoms with E-state index in [1.165, 1.54) is 12.3 Å². The summed E-state index contributed by atoms with van der Waals surface area (Å²) in [6.45, 7) is -0.537. The van der Waals surface area contributed by atoms with Crippen LogP contribution in [0.1, 0.15) is 27.0 Å². The summed E-state index contributed by atoms with van der Waals surface area (Å²) in [6.07, 6.45) is -5.47. The summed E-state index contributed by atoms with van der Waals surface area (Å²) in [5.41, 5.74) is 2.33. The van der Waals surface area contributed by atoms with Crippen LogP contribution in [0.5, 0.6) is 0 Å². The lowest BCUT2D eigenvalue weighted by atomic mass is 10.0. The van der Waals surface area contributed by atoms with Gasteiger partial charge < -0.3 is 15.3 Å². The number of hydrogen-bond donors (Lipinski definition) is 2. The maximum Gasteiger partial charge on any atom is 0.416 e. The highest BCUT2D eigenvalue weighted by atomic mass is 19.4. The Balaban J connectivity index is 1.54. The molecule has 1 unspecified atom stereocenters. The van der Waals surface area contributed by atoms with E-state index < -0.39 is 42.2 Å². The van der Waals surface area contributed by atoms with Crippen molar-refractivity contribution in [1.82, 2.24) is 10.3 Å². The lowest BCUT2D eigenvalue weighted by Crippen LogP contribution is -2.40. The topological polar surface area (TPSA) is 65.5 Å². The first kappa shape index (κ1) is 24.5. The Bertz CT molecular complexity index is 1240. The average Bonchev–Trinajstić information content (AvgIpc) is 3.24. The van der Waals surface area contributed by atoms with Gasteiger partial charge in [0.25, 0.3) is 5.91 Å². The van der Waals surface area contributed by atoms with Crippen LogP contribution in [0.25, 0.3) is 0 Å². The third kappa shape index (κ3) is 5.24. The fourth-order valence-electron chi connectivity index (χ4n) is 3.95. The smallest absolute Gasteiger partial charge is 0.382 e. The monoisotopic (exact) mass is 495 g/mol. The molecule has 0 radical (unpaired) electrons. The van der Waals surface area contributed by atoms with E-state index in [1.807, 2.05) is 4.90 Å². The molecular weight excluding hydrogens is 476 g/mol. The van der Waals surface area contributed by atoms with Crippen LogP contribution >= 0.6 is 0 Å². The molecule has 0 saturated carbocycles. The number of amides is 1. The normalized spacial score (nSPS) is 14.1. The third-order valence-corrected chi connectivity index (χ3v) is 5.64. The molecule has 2 N–H and O–H groups in total. The number of benzene rings is 2. The first-order valence-electron chi connectivity index (χ1n) is 10.6. The highest BCUT2D eigenvalue weighted by Gasteiger charge is 2.38. The fraction of sp³-hybridized carbons (Fsp3) is 0.250. The Kier molecular flexibility index (Phi) is 6.70. The van der Waals surface area contributed by atoms with Gasteiger partial charge in [-0.1, -0.05) is 6.07 Å². The first-order chi connectivity index (χ1) is 16.5. The number of aromatic nitrogens is 1. The molecule has 0 fully saturated rings. The van der Waals surface area contributed by atoms with Crippen molar-refractivity contribution in [2.75, 3.05) is 18.0 Å². The van der Waals surface area contributed by atoms with E-state index in [0.29, 0.717) is 35.6 Å². The molecule has 35 heavy (non-hydrogen) atoms. The van der Waals surface area contributed by atoms with Crippen LogP contribution in [0.4, 0.5) is 37.8 Å². The molecule has 5 nitrogen and oxygen atoms in total. The quantitative estimate of drug-likeness (QED) is 0.392. The van der Waals surface area contributed by atoms with Gasteiger partial charge in [0.1, 0.15) is 5.82 Å². The third-order valence-electron chi connectivity index (χ3n) is 5.64. The number of nitrogens with one attached hydrogen (secondary N) is 1. The second kappa shape index (κ2) is 9.57. The number of fused-ring (bicyclic) bond motifs is 1. The molecule has 1 aliphatic heterocycles. The van der Waals surface area contributed by atoms with Crippen molar-refractivity contribution in [2.24, 2.45) is 0 Å². The van der Waals surface area contributed by atoms with Crippen LogP contribution in [0.3, 0.4) is 0 Å². The zero-order valence-electron chi connectivity index (χ0n) is 18.0. The van der Waals surface area contributed by atoms with Gasteiger partial charge in [0.2, 0.25) is 0 Å². The predicted octanol–water partition coefficient (Wildman–Crippen LogP) is 4.44. The molecule has 4 rings (SSSR count). The van der Waals surface area contributed by atoms with Crippen molar-refractivity contribution in [3.05, 3.63) is 88.4 Å². The van der Waals surface area contributed by atoms with Crippen molar-refractivity contribution < 1.29 is 36.2 Å². The molecule has 1 amide bonds. The Labute approximate surface area is 196 Å². The molecule has 0 aliphatic carbocycles. The summed E-state index contributed by atoms with van der Waals surface area (Å²) in [4.78, 5) is 18.6. The van der Waals surface area contributed by atoms with Gasteiger partial charge in [-0.05, 0) is 65.9 Å². The molecule has 2 heterocycles. The molecule has 3 aromatic rings. The van der Waals surface area contributed by atoms with Gasteiger partial charge in [-0.3, -0.25) is 4.79 Å². The molecule has 0 spiro atoms. The van der Waals surface area contributed by atoms with Crippen molar-refractivity contribution in [3.8, 4) is 0 Å². The minimum Gasteiger partial charge on any atom is -0.382 e. The standard InChI is InChI=1S/C24H19F6N3O2/c25-17-9-14(10-18(26)22(17)27)8-13-4-6-31-21(11-13)33-7-5-15-16(2-1-3-19(15)33)23(35)32-12-20(34)24(28,29)30/h1-4,6,9-11,20,34H,5,7-8,12H2,(H,32,35). The summed E-state index contributed by atoms with van der Waals surface area (Å²) in [5, 5.41) is 11.2. The number of halogens is 6. The SMILES string of the molecule is O=C(NCC(O)C(F)(F)F)c1cccc2c1CCN2c1cc(Cc2cc(F)c(F)c(F)c2)ccn1. The Morgan fingerprint density at radius 1 is 1.09 bits per heavy atom. The molecule has 0 saturated heterocycles. The van der Waals surface area contributed by atoms with Gasteiger partial charge in [0.05, 0.1) is 6.54 Å². The molecule has 11 heteroatoms. The van der Waals surface area contributed by atoms with Crippen molar-refractivity contribution >= 4 is 17.4 Å². The van der Waals surface area contributed by atoms with Crippen LogP contribution in [-0.2, 0) is 12.8 Å². The van der Waals surface area contributed by atoms with E-state index in [9.17, 15) is 31.1 Å². The summed E-state index contributed by atoms with van der Waals surface area (Å²) in [6, 6.07) is 9.99. The minimum absolute atomic E-state index is 0.119. The Hall–Kier alpha value is -3.60. The number of aliphatic hydroxyl groups excluding tert-OH is 1. The van der Waals surface area contributed by atoms with Crippen LogP contribution in [0.2, 0.25) is 0 Å². The van der Waals surface area contributed by atoms with E-state index in [0.717, 1.165) is 12.1 Å². The number of aliphatic hydroxyl groups is 1.